The van der Waals surface area contributed by atoms with Crippen LogP contribution in [0.5, 0.6) is 0 Å². The van der Waals surface area contributed by atoms with Gasteiger partial charge in [0.05, 0.1) is 6.10 Å². The lowest BCUT2D eigenvalue weighted by atomic mass is 9.99. The van der Waals surface area contributed by atoms with E-state index in [9.17, 15) is 4.79 Å². The number of hydrogen-bond acceptors (Lipinski definition) is 2. The number of hydrogen-bond donors (Lipinski definition) is 2. The number of amides is 1. The molecule has 1 amide bonds. The Labute approximate surface area is 99.6 Å². The van der Waals surface area contributed by atoms with Crippen LogP contribution in [0, 0.1) is 5.92 Å². The fourth-order valence-electron chi connectivity index (χ4n) is 1.63. The average Bonchev–Trinajstić information content (AvgIpc) is 2.26. The molecule has 96 valence electrons. The van der Waals surface area contributed by atoms with E-state index in [-0.39, 0.29) is 12.0 Å². The number of aliphatic hydroxyl groups excluding tert-OH is 1. The molecule has 2 atom stereocenters. The Hall–Kier alpha value is -0.570. The van der Waals surface area contributed by atoms with Gasteiger partial charge < -0.3 is 10.4 Å². The van der Waals surface area contributed by atoms with Crippen LogP contribution in [-0.4, -0.2) is 23.7 Å². The highest BCUT2D eigenvalue weighted by Crippen LogP contribution is 2.11. The summed E-state index contributed by atoms with van der Waals surface area (Å²) in [5.41, 5.74) is 0. The standard InChI is InChI=1S/C13H27NO2/c1-4-6-7-12(5-2)10-14-13(16)9-8-11(3)15/h11-12,15H,4-10H2,1-3H3,(H,14,16). The number of unbranched alkanes of at least 4 members (excludes halogenated alkanes) is 1. The zero-order valence-electron chi connectivity index (χ0n) is 11.0. The van der Waals surface area contributed by atoms with Crippen molar-refractivity contribution in [2.24, 2.45) is 5.92 Å². The summed E-state index contributed by atoms with van der Waals surface area (Å²) in [5, 5.41) is 12.0. The van der Waals surface area contributed by atoms with Crippen LogP contribution in [-0.2, 0) is 4.79 Å². The molecule has 16 heavy (non-hydrogen) atoms. The third-order valence-corrected chi connectivity index (χ3v) is 2.92. The maximum Gasteiger partial charge on any atom is 0.220 e. The van der Waals surface area contributed by atoms with Crippen molar-refractivity contribution in [2.75, 3.05) is 6.54 Å². The van der Waals surface area contributed by atoms with E-state index in [0.29, 0.717) is 18.8 Å². The van der Waals surface area contributed by atoms with Crippen molar-refractivity contribution in [3.63, 3.8) is 0 Å². The summed E-state index contributed by atoms with van der Waals surface area (Å²) in [5.74, 6) is 0.672. The molecule has 0 radical (unpaired) electrons. The summed E-state index contributed by atoms with van der Waals surface area (Å²) in [4.78, 5) is 11.4. The van der Waals surface area contributed by atoms with Crippen LogP contribution in [0.1, 0.15) is 59.3 Å². The van der Waals surface area contributed by atoms with Crippen LogP contribution in [0.4, 0.5) is 0 Å². The molecule has 3 nitrogen and oxygen atoms in total. The van der Waals surface area contributed by atoms with Gasteiger partial charge in [-0.05, 0) is 25.7 Å². The summed E-state index contributed by atoms with van der Waals surface area (Å²) in [6, 6.07) is 0. The largest absolute Gasteiger partial charge is 0.393 e. The van der Waals surface area contributed by atoms with Gasteiger partial charge in [0, 0.05) is 13.0 Å². The first kappa shape index (κ1) is 15.4. The van der Waals surface area contributed by atoms with E-state index in [1.54, 1.807) is 6.92 Å². The Balaban J connectivity index is 3.62. The third kappa shape index (κ3) is 8.72. The molecule has 0 bridgehead atoms. The second-order valence-corrected chi connectivity index (χ2v) is 4.61. The van der Waals surface area contributed by atoms with Crippen LogP contribution in [0.15, 0.2) is 0 Å². The lowest BCUT2D eigenvalue weighted by Gasteiger charge is -2.15. The molecule has 0 aromatic heterocycles. The van der Waals surface area contributed by atoms with Gasteiger partial charge in [-0.15, -0.1) is 0 Å². The summed E-state index contributed by atoms with van der Waals surface area (Å²) in [6.07, 6.45) is 5.38. The Morgan fingerprint density at radius 3 is 2.50 bits per heavy atom. The van der Waals surface area contributed by atoms with Gasteiger partial charge >= 0.3 is 0 Å². The molecule has 0 aromatic carbocycles. The first-order chi connectivity index (χ1) is 7.60. The van der Waals surface area contributed by atoms with Crippen molar-refractivity contribution in [1.29, 1.82) is 0 Å². The first-order valence-corrected chi connectivity index (χ1v) is 6.54. The van der Waals surface area contributed by atoms with E-state index in [1.807, 2.05) is 0 Å². The quantitative estimate of drug-likeness (QED) is 0.638. The number of carbonyl (C=O) groups excluding carboxylic acids is 1. The summed E-state index contributed by atoms with van der Waals surface area (Å²) < 4.78 is 0. The van der Waals surface area contributed by atoms with E-state index in [1.165, 1.54) is 19.3 Å². The highest BCUT2D eigenvalue weighted by atomic mass is 16.3. The maximum absolute atomic E-state index is 11.4. The summed E-state index contributed by atoms with van der Waals surface area (Å²) in [7, 11) is 0. The molecular weight excluding hydrogens is 202 g/mol. The smallest absolute Gasteiger partial charge is 0.220 e. The molecule has 0 heterocycles. The molecular formula is C13H27NO2. The molecule has 2 N–H and O–H groups in total. The molecule has 0 fully saturated rings. The van der Waals surface area contributed by atoms with Crippen LogP contribution in [0.2, 0.25) is 0 Å². The fourth-order valence-corrected chi connectivity index (χ4v) is 1.63. The highest BCUT2D eigenvalue weighted by molar-refractivity contribution is 5.75. The summed E-state index contributed by atoms with van der Waals surface area (Å²) >= 11 is 0. The Morgan fingerprint density at radius 2 is 2.00 bits per heavy atom. The second kappa shape index (κ2) is 9.64. The first-order valence-electron chi connectivity index (χ1n) is 6.54. The zero-order chi connectivity index (χ0) is 12.4. The molecule has 0 spiro atoms. The van der Waals surface area contributed by atoms with Crippen molar-refractivity contribution in [1.82, 2.24) is 5.32 Å². The van der Waals surface area contributed by atoms with Crippen molar-refractivity contribution < 1.29 is 9.90 Å². The normalized spacial score (nSPS) is 14.5. The Bertz CT molecular complexity index is 181. The molecule has 3 heteroatoms. The molecule has 0 saturated carbocycles. The van der Waals surface area contributed by atoms with Gasteiger partial charge in [-0.3, -0.25) is 4.79 Å². The van der Waals surface area contributed by atoms with E-state index in [4.69, 9.17) is 5.11 Å². The van der Waals surface area contributed by atoms with E-state index < -0.39 is 0 Å². The molecule has 0 aliphatic carbocycles. The van der Waals surface area contributed by atoms with Gasteiger partial charge in [-0.2, -0.15) is 0 Å². The maximum atomic E-state index is 11.4. The van der Waals surface area contributed by atoms with Crippen LogP contribution in [0.3, 0.4) is 0 Å². The van der Waals surface area contributed by atoms with E-state index in [2.05, 4.69) is 19.2 Å². The predicted octanol–water partition coefficient (Wildman–Crippen LogP) is 2.48. The molecule has 0 saturated heterocycles. The lowest BCUT2D eigenvalue weighted by Crippen LogP contribution is -2.29. The lowest BCUT2D eigenvalue weighted by molar-refractivity contribution is -0.121. The van der Waals surface area contributed by atoms with Crippen LogP contribution in [0.25, 0.3) is 0 Å². The SMILES string of the molecule is CCCCC(CC)CNC(=O)CCC(C)O. The van der Waals surface area contributed by atoms with Gasteiger partial charge in [0.25, 0.3) is 0 Å². The number of nitrogens with one attached hydrogen (secondary N) is 1. The van der Waals surface area contributed by atoms with Gasteiger partial charge in [0.1, 0.15) is 0 Å². The molecule has 0 aromatic rings. The number of carbonyl (C=O) groups is 1. The fraction of sp³-hybridized carbons (Fsp3) is 0.923. The minimum absolute atomic E-state index is 0.0656. The average molecular weight is 229 g/mol. The predicted molar refractivity (Wildman–Crippen MR) is 67.2 cm³/mol. The van der Waals surface area contributed by atoms with Crippen molar-refractivity contribution in [3.8, 4) is 0 Å². The van der Waals surface area contributed by atoms with Crippen LogP contribution < -0.4 is 5.32 Å². The van der Waals surface area contributed by atoms with Crippen molar-refractivity contribution in [2.45, 2.75) is 65.4 Å². The number of rotatable bonds is 9. The monoisotopic (exact) mass is 229 g/mol. The Morgan fingerprint density at radius 1 is 1.31 bits per heavy atom. The molecule has 0 aliphatic heterocycles. The van der Waals surface area contributed by atoms with Gasteiger partial charge in [0.15, 0.2) is 0 Å². The molecule has 2 unspecified atom stereocenters. The van der Waals surface area contributed by atoms with Gasteiger partial charge in [-0.25, -0.2) is 0 Å². The summed E-state index contributed by atoms with van der Waals surface area (Å²) in [6.45, 7) is 6.86. The Kier molecular flexibility index (Phi) is 9.30. The van der Waals surface area contributed by atoms with E-state index >= 15 is 0 Å². The number of aliphatic hydroxyl groups is 1. The van der Waals surface area contributed by atoms with E-state index in [0.717, 1.165) is 13.0 Å². The zero-order valence-corrected chi connectivity index (χ0v) is 11.0. The highest BCUT2D eigenvalue weighted by Gasteiger charge is 2.08. The molecule has 0 rings (SSSR count). The minimum Gasteiger partial charge on any atom is -0.393 e. The third-order valence-electron chi connectivity index (χ3n) is 2.92. The van der Waals surface area contributed by atoms with Crippen molar-refractivity contribution in [3.05, 3.63) is 0 Å². The van der Waals surface area contributed by atoms with Crippen molar-refractivity contribution >= 4 is 5.91 Å². The topological polar surface area (TPSA) is 49.3 Å². The minimum atomic E-state index is -0.382. The second-order valence-electron chi connectivity index (χ2n) is 4.61. The van der Waals surface area contributed by atoms with Gasteiger partial charge in [-0.1, -0.05) is 33.1 Å². The molecule has 0 aliphatic rings. The van der Waals surface area contributed by atoms with Crippen LogP contribution >= 0.6 is 0 Å². The van der Waals surface area contributed by atoms with Gasteiger partial charge in [0.2, 0.25) is 5.91 Å².